The van der Waals surface area contributed by atoms with Crippen molar-refractivity contribution in [3.8, 4) is 0 Å². The van der Waals surface area contributed by atoms with Gasteiger partial charge in [0.25, 0.3) is 5.92 Å². The predicted octanol–water partition coefficient (Wildman–Crippen LogP) is 1.96. The number of carbonyl (C=O) groups excluding carboxylic acids is 4. The Labute approximate surface area is 238 Å². The number of carbonyl (C=O) groups is 4. The molecule has 4 rings (SSSR count). The molecule has 4 amide bonds. The Morgan fingerprint density at radius 1 is 1.12 bits per heavy atom. The van der Waals surface area contributed by atoms with Crippen molar-refractivity contribution in [2.75, 3.05) is 12.8 Å². The van der Waals surface area contributed by atoms with Gasteiger partial charge < -0.3 is 20.9 Å². The monoisotopic (exact) mass is 632 g/mol. The third kappa shape index (κ3) is 7.37. The van der Waals surface area contributed by atoms with Crippen LogP contribution in [0, 0.1) is 17.3 Å². The Morgan fingerprint density at radius 2 is 1.74 bits per heavy atom. The maximum absolute atomic E-state index is 15.1. The van der Waals surface area contributed by atoms with Gasteiger partial charge in [0.15, 0.2) is 0 Å². The number of rotatable bonds is 8. The zero-order valence-corrected chi connectivity index (χ0v) is 24.2. The average Bonchev–Trinajstić information content (AvgIpc) is 3.22. The molecule has 3 heterocycles. The van der Waals surface area contributed by atoms with E-state index in [4.69, 9.17) is 0 Å². The van der Waals surface area contributed by atoms with E-state index in [1.54, 1.807) is 5.32 Å². The van der Waals surface area contributed by atoms with Crippen LogP contribution in [0.15, 0.2) is 11.2 Å². The first kappa shape index (κ1) is 33.6. The molecule has 0 unspecified atom stereocenters. The Balaban J connectivity index is 2.00. The van der Waals surface area contributed by atoms with Crippen LogP contribution in [0.25, 0.3) is 0 Å². The van der Waals surface area contributed by atoms with E-state index in [0.717, 1.165) is 4.90 Å². The second kappa shape index (κ2) is 11.7. The summed E-state index contributed by atoms with van der Waals surface area (Å²) in [4.78, 5) is 52.0. The van der Waals surface area contributed by atoms with Gasteiger partial charge in [-0.25, -0.2) is 17.2 Å². The summed E-state index contributed by atoms with van der Waals surface area (Å²) >= 11 is 0. The van der Waals surface area contributed by atoms with Crippen LogP contribution in [0.4, 0.5) is 26.3 Å². The van der Waals surface area contributed by atoms with Gasteiger partial charge >= 0.3 is 12.1 Å². The number of hydrogen-bond donors (Lipinski definition) is 3. The van der Waals surface area contributed by atoms with Crippen molar-refractivity contribution >= 4 is 33.5 Å². The minimum absolute atomic E-state index is 0.00808. The largest absolute Gasteiger partial charge is 0.471 e. The Bertz CT molecular complexity index is 1250. The molecule has 10 nitrogen and oxygen atoms in total. The highest BCUT2D eigenvalue weighted by Crippen LogP contribution is 2.49. The minimum atomic E-state index is -5.36. The van der Waals surface area contributed by atoms with Crippen molar-refractivity contribution in [1.29, 1.82) is 0 Å². The molecule has 0 aromatic rings. The highest BCUT2D eigenvalue weighted by Gasteiger charge is 2.61. The maximum atomic E-state index is 15.1. The lowest BCUT2D eigenvalue weighted by Crippen LogP contribution is -2.71. The summed E-state index contributed by atoms with van der Waals surface area (Å²) in [6.07, 6.45) is -5.38. The van der Waals surface area contributed by atoms with Crippen LogP contribution in [0.2, 0.25) is 0 Å². The van der Waals surface area contributed by atoms with Crippen LogP contribution in [0.1, 0.15) is 52.9 Å². The van der Waals surface area contributed by atoms with Crippen LogP contribution < -0.4 is 16.0 Å². The van der Waals surface area contributed by atoms with Gasteiger partial charge in [0.2, 0.25) is 32.7 Å². The molecule has 4 aliphatic rings. The van der Waals surface area contributed by atoms with E-state index in [2.05, 4.69) is 10.6 Å². The number of halogens is 6. The van der Waals surface area contributed by atoms with Crippen molar-refractivity contribution in [2.45, 2.75) is 89.1 Å². The Morgan fingerprint density at radius 3 is 2.21 bits per heavy atom. The first-order chi connectivity index (χ1) is 19.0. The molecule has 1 saturated carbocycles. The summed E-state index contributed by atoms with van der Waals surface area (Å²) < 4.78 is 107. The van der Waals surface area contributed by atoms with Crippen LogP contribution in [-0.2, 0) is 29.0 Å². The van der Waals surface area contributed by atoms with Crippen molar-refractivity contribution in [1.82, 2.24) is 20.9 Å². The maximum Gasteiger partial charge on any atom is 0.471 e. The van der Waals surface area contributed by atoms with Gasteiger partial charge in [0, 0.05) is 31.2 Å². The first-order valence-corrected chi connectivity index (χ1v) is 15.2. The smallest absolute Gasteiger partial charge is 0.356 e. The van der Waals surface area contributed by atoms with E-state index >= 15 is 8.78 Å². The normalized spacial score (nSPS) is 27.7. The molecule has 2 bridgehead atoms. The minimum Gasteiger partial charge on any atom is -0.356 e. The number of sulfone groups is 1. The Hall–Kier alpha value is -2.85. The standard InChI is InChI=1S/C25H34F6N4O6S/c1-23(2,3)18(34-22(39)25(29,30)31)21(38)35-14-5-6-15(24(27,28)11-14)17(35)20(37)33-13(10-16(26)42(4,40)41)9-12-7-8-32-19(12)36/h10,12-15,17-18H,5-9,11H2,1-4H3,(H,32,36)(H,33,37)(H,34,39)/b16-10-/t12-,13-,14-,15-,17+,18-/m1/s1. The van der Waals surface area contributed by atoms with Crippen molar-refractivity contribution in [2.24, 2.45) is 17.3 Å². The summed E-state index contributed by atoms with van der Waals surface area (Å²) in [5.74, 6) is -11.3. The topological polar surface area (TPSA) is 142 Å². The molecule has 3 N–H and O–H groups in total. The van der Waals surface area contributed by atoms with Crippen molar-refractivity contribution in [3.63, 3.8) is 0 Å². The number of nitrogens with zero attached hydrogens (tertiary/aromatic N) is 1. The van der Waals surface area contributed by atoms with Crippen molar-refractivity contribution in [3.05, 3.63) is 11.2 Å². The first-order valence-electron chi connectivity index (χ1n) is 13.3. The second-order valence-corrected chi connectivity index (χ2v) is 14.1. The highest BCUT2D eigenvalue weighted by atomic mass is 32.2. The lowest BCUT2D eigenvalue weighted by molar-refractivity contribution is -0.197. The van der Waals surface area contributed by atoms with Gasteiger partial charge in [0.1, 0.15) is 12.1 Å². The third-order valence-corrected chi connectivity index (χ3v) is 8.66. The molecular formula is C25H34F6N4O6S. The van der Waals surface area contributed by atoms with E-state index < -0.39 is 98.6 Å². The van der Waals surface area contributed by atoms with E-state index in [1.807, 2.05) is 0 Å². The summed E-state index contributed by atoms with van der Waals surface area (Å²) in [6.45, 7) is 4.31. The molecule has 0 spiro atoms. The molecule has 1 aliphatic carbocycles. The molecule has 4 fully saturated rings. The molecule has 238 valence electrons. The summed E-state index contributed by atoms with van der Waals surface area (Å²) in [5, 5.41) is 4.81. The fraction of sp³-hybridized carbons (Fsp3) is 0.760. The number of nitrogens with one attached hydrogen (secondary N) is 3. The van der Waals surface area contributed by atoms with E-state index in [9.17, 15) is 45.2 Å². The molecular weight excluding hydrogens is 598 g/mol. The highest BCUT2D eigenvalue weighted by molar-refractivity contribution is 7.94. The molecule has 0 aromatic carbocycles. The lowest BCUT2D eigenvalue weighted by Gasteiger charge is -2.55. The molecule has 0 radical (unpaired) electrons. The molecule has 17 heteroatoms. The summed E-state index contributed by atoms with van der Waals surface area (Å²) in [7, 11) is -4.38. The fourth-order valence-corrected chi connectivity index (χ4v) is 6.14. The van der Waals surface area contributed by atoms with Crippen LogP contribution in [0.3, 0.4) is 0 Å². The second-order valence-electron chi connectivity index (χ2n) is 12.1. The quantitative estimate of drug-likeness (QED) is 0.350. The molecule has 6 atom stereocenters. The molecule has 0 aromatic heterocycles. The number of piperidine rings is 2. The van der Waals surface area contributed by atoms with Crippen LogP contribution >= 0.6 is 0 Å². The van der Waals surface area contributed by atoms with Crippen molar-refractivity contribution < 1.29 is 53.9 Å². The van der Waals surface area contributed by atoms with E-state index in [0.29, 0.717) is 12.3 Å². The van der Waals surface area contributed by atoms with Gasteiger partial charge in [-0.15, -0.1) is 0 Å². The van der Waals surface area contributed by atoms with Gasteiger partial charge in [-0.3, -0.25) is 19.2 Å². The number of hydrogen-bond acceptors (Lipinski definition) is 6. The van der Waals surface area contributed by atoms with Crippen LogP contribution in [0.5, 0.6) is 0 Å². The lowest BCUT2D eigenvalue weighted by atomic mass is 9.70. The molecule has 42 heavy (non-hydrogen) atoms. The zero-order chi connectivity index (χ0) is 32.0. The Kier molecular flexibility index (Phi) is 9.36. The van der Waals surface area contributed by atoms with Gasteiger partial charge in [-0.1, -0.05) is 20.8 Å². The zero-order valence-electron chi connectivity index (χ0n) is 23.4. The SMILES string of the molecule is CC(C)(C)[C@H](NC(=O)C(F)(F)F)C(=O)N1[C@@H]2CC[C@H]([C@H]1C(=O)N[C@@H](/C=C(/F)S(C)(=O)=O)C[C@H]1CCNC1=O)C(F)(F)C2. The predicted molar refractivity (Wildman–Crippen MR) is 136 cm³/mol. The van der Waals surface area contributed by atoms with Crippen LogP contribution in [-0.4, -0.2) is 86.0 Å². The number of fused-ring (bicyclic) bond motifs is 3. The van der Waals surface area contributed by atoms with E-state index in [1.165, 1.54) is 20.8 Å². The average molecular weight is 633 g/mol. The summed E-state index contributed by atoms with van der Waals surface area (Å²) in [5.41, 5.74) is -1.35. The fourth-order valence-electron chi connectivity index (χ4n) is 5.73. The number of amides is 4. The van der Waals surface area contributed by atoms with Gasteiger partial charge in [-0.05, 0) is 37.2 Å². The number of alkyl halides is 5. The van der Waals surface area contributed by atoms with Gasteiger partial charge in [0.05, 0.1) is 12.0 Å². The van der Waals surface area contributed by atoms with E-state index in [-0.39, 0.29) is 32.2 Å². The molecule has 3 aliphatic heterocycles. The van der Waals surface area contributed by atoms with Gasteiger partial charge in [-0.2, -0.15) is 17.6 Å². The molecule has 3 saturated heterocycles. The third-order valence-electron chi connectivity index (χ3n) is 7.82. The summed E-state index contributed by atoms with van der Waals surface area (Å²) in [6, 6.07) is -6.56.